The monoisotopic (exact) mass is 310 g/mol. The second-order valence-electron chi connectivity index (χ2n) is 5.32. The van der Waals surface area contributed by atoms with Gasteiger partial charge in [-0.2, -0.15) is 10.2 Å². The number of carbonyl (C=O) groups is 1. The van der Waals surface area contributed by atoms with Gasteiger partial charge in [0, 0.05) is 30.7 Å². The summed E-state index contributed by atoms with van der Waals surface area (Å²) >= 11 is 0. The zero-order chi connectivity index (χ0) is 16.2. The number of benzene rings is 1. The Bertz CT molecular complexity index is 775. The van der Waals surface area contributed by atoms with Crippen LogP contribution in [0, 0.1) is 0 Å². The Kier molecular flexibility index (Phi) is 4.09. The van der Waals surface area contributed by atoms with E-state index in [9.17, 15) is 4.79 Å². The lowest BCUT2D eigenvalue weighted by Crippen LogP contribution is -2.30. The lowest BCUT2D eigenvalue weighted by Gasteiger charge is -2.13. The number of aryl methyl sites for hydroxylation is 1. The molecule has 1 atom stereocenters. The van der Waals surface area contributed by atoms with Gasteiger partial charge >= 0.3 is 6.03 Å². The third-order valence-corrected chi connectivity index (χ3v) is 3.53. The molecule has 0 spiro atoms. The molecule has 2 aromatic heterocycles. The van der Waals surface area contributed by atoms with Crippen molar-refractivity contribution in [1.29, 1.82) is 0 Å². The van der Waals surface area contributed by atoms with Crippen molar-refractivity contribution in [2.45, 2.75) is 13.0 Å². The third-order valence-electron chi connectivity index (χ3n) is 3.53. The highest BCUT2D eigenvalue weighted by Crippen LogP contribution is 2.19. The Hall–Kier alpha value is -3.09. The van der Waals surface area contributed by atoms with Crippen LogP contribution in [0.3, 0.4) is 0 Å². The highest BCUT2D eigenvalue weighted by molar-refractivity contribution is 5.89. The predicted octanol–water partition coefficient (Wildman–Crippen LogP) is 2.69. The first-order valence-electron chi connectivity index (χ1n) is 7.27. The minimum Gasteiger partial charge on any atom is -0.331 e. The molecule has 3 N–H and O–H groups in total. The van der Waals surface area contributed by atoms with Crippen LogP contribution in [0.2, 0.25) is 0 Å². The van der Waals surface area contributed by atoms with Crippen LogP contribution in [0.1, 0.15) is 18.5 Å². The highest BCUT2D eigenvalue weighted by Gasteiger charge is 2.11. The van der Waals surface area contributed by atoms with Crippen LogP contribution < -0.4 is 10.6 Å². The lowest BCUT2D eigenvalue weighted by molar-refractivity contribution is 0.249. The first-order valence-corrected chi connectivity index (χ1v) is 7.27. The van der Waals surface area contributed by atoms with E-state index >= 15 is 0 Å². The lowest BCUT2D eigenvalue weighted by atomic mass is 10.1. The molecule has 1 aromatic carbocycles. The van der Waals surface area contributed by atoms with Gasteiger partial charge in [-0.15, -0.1) is 0 Å². The van der Waals surface area contributed by atoms with Crippen molar-refractivity contribution in [1.82, 2.24) is 25.3 Å². The summed E-state index contributed by atoms with van der Waals surface area (Å²) in [6, 6.07) is 9.07. The first kappa shape index (κ1) is 14.8. The van der Waals surface area contributed by atoms with Crippen molar-refractivity contribution in [3.05, 3.63) is 54.5 Å². The summed E-state index contributed by atoms with van der Waals surface area (Å²) in [5.41, 5.74) is 3.63. The maximum Gasteiger partial charge on any atom is 0.319 e. The summed E-state index contributed by atoms with van der Waals surface area (Å²) in [4.78, 5) is 12.1. The molecule has 2 amide bonds. The van der Waals surface area contributed by atoms with Gasteiger partial charge in [-0.1, -0.05) is 12.1 Å². The Morgan fingerprint density at radius 1 is 1.26 bits per heavy atom. The number of nitrogens with one attached hydrogen (secondary N) is 3. The van der Waals surface area contributed by atoms with Gasteiger partial charge in [0.15, 0.2) is 0 Å². The van der Waals surface area contributed by atoms with Crippen LogP contribution in [0.25, 0.3) is 11.3 Å². The molecular weight excluding hydrogens is 292 g/mol. The number of carbonyl (C=O) groups excluding carboxylic acids is 1. The van der Waals surface area contributed by atoms with E-state index in [4.69, 9.17) is 0 Å². The van der Waals surface area contributed by atoms with E-state index in [1.165, 1.54) is 0 Å². The quantitative estimate of drug-likeness (QED) is 0.692. The summed E-state index contributed by atoms with van der Waals surface area (Å²) in [7, 11) is 1.84. The van der Waals surface area contributed by atoms with Crippen molar-refractivity contribution in [3.63, 3.8) is 0 Å². The smallest absolute Gasteiger partial charge is 0.319 e. The van der Waals surface area contributed by atoms with Gasteiger partial charge in [-0.05, 0) is 30.7 Å². The van der Waals surface area contributed by atoms with Crippen molar-refractivity contribution in [2.24, 2.45) is 7.05 Å². The van der Waals surface area contributed by atoms with E-state index in [1.807, 2.05) is 50.5 Å². The zero-order valence-corrected chi connectivity index (χ0v) is 12.9. The van der Waals surface area contributed by atoms with Crippen LogP contribution >= 0.6 is 0 Å². The molecule has 0 saturated carbocycles. The molecular formula is C16H18N6O. The fourth-order valence-corrected chi connectivity index (χ4v) is 2.26. The van der Waals surface area contributed by atoms with Gasteiger partial charge in [-0.25, -0.2) is 4.79 Å². The second kappa shape index (κ2) is 6.35. The largest absolute Gasteiger partial charge is 0.331 e. The maximum atomic E-state index is 12.1. The minimum absolute atomic E-state index is 0.118. The molecule has 1 unspecified atom stereocenters. The van der Waals surface area contributed by atoms with E-state index in [0.717, 1.165) is 22.5 Å². The SMILES string of the molecule is CC(NC(=O)Nc1ccc(-c2ccn[nH]2)cc1)c1cnn(C)c1. The molecule has 23 heavy (non-hydrogen) atoms. The van der Waals surface area contributed by atoms with E-state index in [1.54, 1.807) is 17.1 Å². The van der Waals surface area contributed by atoms with Gasteiger partial charge in [0.25, 0.3) is 0 Å². The van der Waals surface area contributed by atoms with Crippen molar-refractivity contribution in [2.75, 3.05) is 5.32 Å². The van der Waals surface area contributed by atoms with E-state index in [-0.39, 0.29) is 12.1 Å². The number of H-pyrrole nitrogens is 1. The summed E-state index contributed by atoms with van der Waals surface area (Å²) < 4.78 is 1.71. The average molecular weight is 310 g/mol. The van der Waals surface area contributed by atoms with E-state index in [0.29, 0.717) is 0 Å². The van der Waals surface area contributed by atoms with E-state index in [2.05, 4.69) is 25.9 Å². The molecule has 7 nitrogen and oxygen atoms in total. The number of hydrogen-bond acceptors (Lipinski definition) is 3. The number of amides is 2. The minimum atomic E-state index is -0.254. The maximum absolute atomic E-state index is 12.1. The number of hydrogen-bond donors (Lipinski definition) is 3. The molecule has 0 aliphatic rings. The van der Waals surface area contributed by atoms with Gasteiger partial charge in [0.05, 0.1) is 17.9 Å². The molecule has 0 radical (unpaired) electrons. The Morgan fingerprint density at radius 3 is 2.65 bits per heavy atom. The normalized spacial score (nSPS) is 11.9. The van der Waals surface area contributed by atoms with Gasteiger partial charge < -0.3 is 10.6 Å². The van der Waals surface area contributed by atoms with Crippen LogP contribution in [0.4, 0.5) is 10.5 Å². The molecule has 0 bridgehead atoms. The van der Waals surface area contributed by atoms with Gasteiger partial charge in [0.1, 0.15) is 0 Å². The number of nitrogens with zero attached hydrogens (tertiary/aromatic N) is 3. The zero-order valence-electron chi connectivity index (χ0n) is 12.9. The predicted molar refractivity (Wildman–Crippen MR) is 87.8 cm³/mol. The highest BCUT2D eigenvalue weighted by atomic mass is 16.2. The Balaban J connectivity index is 1.59. The van der Waals surface area contributed by atoms with Gasteiger partial charge in [-0.3, -0.25) is 9.78 Å². The first-order chi connectivity index (χ1) is 11.1. The van der Waals surface area contributed by atoms with E-state index < -0.39 is 0 Å². The number of rotatable bonds is 4. The standard InChI is InChI=1S/C16H18N6O/c1-11(13-9-18-22(2)10-13)19-16(23)20-14-5-3-12(4-6-14)15-7-8-17-21-15/h3-11H,1-2H3,(H,17,21)(H2,19,20,23). The van der Waals surface area contributed by atoms with Crippen molar-refractivity contribution in [3.8, 4) is 11.3 Å². The Morgan fingerprint density at radius 2 is 2.04 bits per heavy atom. The number of aromatic nitrogens is 4. The summed E-state index contributed by atoms with van der Waals surface area (Å²) in [5.74, 6) is 0. The number of urea groups is 1. The molecule has 3 aromatic rings. The van der Waals surface area contributed by atoms with Crippen LogP contribution in [0.5, 0.6) is 0 Å². The van der Waals surface area contributed by atoms with Crippen molar-refractivity contribution >= 4 is 11.7 Å². The number of anilines is 1. The topological polar surface area (TPSA) is 87.6 Å². The molecule has 7 heteroatoms. The fourth-order valence-electron chi connectivity index (χ4n) is 2.26. The molecule has 0 aliphatic carbocycles. The fraction of sp³-hybridized carbons (Fsp3) is 0.188. The third kappa shape index (κ3) is 3.57. The van der Waals surface area contributed by atoms with Crippen LogP contribution in [-0.2, 0) is 7.05 Å². The van der Waals surface area contributed by atoms with Crippen molar-refractivity contribution < 1.29 is 4.79 Å². The van der Waals surface area contributed by atoms with Crippen LogP contribution in [0.15, 0.2) is 48.9 Å². The Labute approximate surface area is 133 Å². The molecule has 0 aliphatic heterocycles. The molecule has 3 rings (SSSR count). The van der Waals surface area contributed by atoms with Crippen LogP contribution in [-0.4, -0.2) is 26.0 Å². The number of aromatic amines is 1. The molecule has 0 saturated heterocycles. The second-order valence-corrected chi connectivity index (χ2v) is 5.32. The molecule has 0 fully saturated rings. The summed E-state index contributed by atoms with van der Waals surface area (Å²) in [5, 5.41) is 16.6. The summed E-state index contributed by atoms with van der Waals surface area (Å²) in [6.45, 7) is 1.91. The molecule has 118 valence electrons. The average Bonchev–Trinajstić information content (AvgIpc) is 3.19. The molecule has 2 heterocycles. The van der Waals surface area contributed by atoms with Gasteiger partial charge in [0.2, 0.25) is 0 Å². The summed E-state index contributed by atoms with van der Waals surface area (Å²) in [6.07, 6.45) is 5.32.